The molecular formula is C18H15BrN2O3. The van der Waals surface area contributed by atoms with Crippen LogP contribution in [0.4, 0.5) is 5.69 Å². The molecule has 0 unspecified atom stereocenters. The third-order valence-electron chi connectivity index (χ3n) is 3.67. The van der Waals surface area contributed by atoms with E-state index in [1.165, 1.54) is 5.01 Å². The van der Waals surface area contributed by atoms with Gasteiger partial charge >= 0.3 is 0 Å². The molecule has 24 heavy (non-hydrogen) atoms. The van der Waals surface area contributed by atoms with Crippen LogP contribution in [0.1, 0.15) is 11.1 Å². The van der Waals surface area contributed by atoms with Gasteiger partial charge in [0.25, 0.3) is 11.8 Å². The topological polar surface area (TPSA) is 58.6 Å². The fourth-order valence-electron chi connectivity index (χ4n) is 2.37. The first-order valence-electron chi connectivity index (χ1n) is 7.27. The van der Waals surface area contributed by atoms with Crippen LogP contribution in [0.15, 0.2) is 52.5 Å². The first-order chi connectivity index (χ1) is 11.5. The first-order valence-corrected chi connectivity index (χ1v) is 8.06. The zero-order chi connectivity index (χ0) is 17.3. The molecule has 3 rings (SSSR count). The molecule has 0 aromatic heterocycles. The van der Waals surface area contributed by atoms with E-state index < -0.39 is 5.91 Å². The van der Waals surface area contributed by atoms with E-state index in [1.54, 1.807) is 43.5 Å². The number of halogens is 1. The molecule has 0 aliphatic carbocycles. The minimum Gasteiger partial charge on any atom is -0.496 e. The van der Waals surface area contributed by atoms with Gasteiger partial charge in [-0.25, -0.2) is 5.01 Å². The number of carbonyl (C=O) groups excluding carboxylic acids is 2. The van der Waals surface area contributed by atoms with E-state index in [-0.39, 0.29) is 11.5 Å². The van der Waals surface area contributed by atoms with Gasteiger partial charge in [0, 0.05) is 0 Å². The van der Waals surface area contributed by atoms with Gasteiger partial charge in [0.15, 0.2) is 0 Å². The second kappa shape index (κ2) is 6.49. The van der Waals surface area contributed by atoms with Gasteiger partial charge < -0.3 is 4.74 Å². The summed E-state index contributed by atoms with van der Waals surface area (Å²) < 4.78 is 5.93. The fraction of sp³-hybridized carbons (Fsp3) is 0.111. The number of hydrogen-bond donors (Lipinski definition) is 1. The lowest BCUT2D eigenvalue weighted by molar-refractivity contribution is -0.117. The quantitative estimate of drug-likeness (QED) is 0.650. The van der Waals surface area contributed by atoms with E-state index in [0.29, 0.717) is 11.4 Å². The van der Waals surface area contributed by atoms with Crippen LogP contribution in [-0.2, 0) is 9.59 Å². The molecule has 122 valence electrons. The summed E-state index contributed by atoms with van der Waals surface area (Å²) >= 11 is 3.39. The van der Waals surface area contributed by atoms with Crippen LogP contribution in [0.25, 0.3) is 6.08 Å². The van der Waals surface area contributed by atoms with Crippen LogP contribution in [0, 0.1) is 6.92 Å². The van der Waals surface area contributed by atoms with Crippen molar-refractivity contribution < 1.29 is 14.3 Å². The Labute approximate surface area is 148 Å². The minimum absolute atomic E-state index is 0.0904. The highest BCUT2D eigenvalue weighted by Gasteiger charge is 2.34. The molecule has 1 N–H and O–H groups in total. The molecule has 2 amide bonds. The van der Waals surface area contributed by atoms with E-state index >= 15 is 0 Å². The van der Waals surface area contributed by atoms with Gasteiger partial charge in [0.2, 0.25) is 0 Å². The highest BCUT2D eigenvalue weighted by atomic mass is 79.9. The maximum atomic E-state index is 12.6. The minimum atomic E-state index is -0.424. The molecule has 0 saturated carbocycles. The fourth-order valence-corrected chi connectivity index (χ4v) is 2.93. The molecule has 2 aromatic rings. The number of benzene rings is 2. The van der Waals surface area contributed by atoms with E-state index in [4.69, 9.17) is 4.74 Å². The third-order valence-corrected chi connectivity index (χ3v) is 4.29. The van der Waals surface area contributed by atoms with Crippen molar-refractivity contribution in [2.75, 3.05) is 12.1 Å². The average Bonchev–Trinajstić information content (AvgIpc) is 2.84. The number of amides is 2. The Bertz CT molecular complexity index is 844. The number of nitrogens with one attached hydrogen (secondary N) is 1. The summed E-state index contributed by atoms with van der Waals surface area (Å²) in [6.07, 6.45) is 1.57. The lowest BCUT2D eigenvalue weighted by Crippen LogP contribution is -2.35. The van der Waals surface area contributed by atoms with E-state index in [2.05, 4.69) is 21.4 Å². The van der Waals surface area contributed by atoms with Gasteiger partial charge in [-0.1, -0.05) is 23.8 Å². The van der Waals surface area contributed by atoms with Crippen LogP contribution in [0.3, 0.4) is 0 Å². The highest BCUT2D eigenvalue weighted by Crippen LogP contribution is 2.27. The summed E-state index contributed by atoms with van der Waals surface area (Å²) in [4.78, 5) is 24.7. The molecule has 1 saturated heterocycles. The Morgan fingerprint density at radius 3 is 2.46 bits per heavy atom. The standard InChI is InChI=1S/C18H15BrN2O3/c1-11-3-6-13(7-4-11)21-18(23)14(17(22)20-21)9-12-5-8-16(24-2)15(19)10-12/h3-10H,1-2H3,(H,20,22). The molecule has 6 heteroatoms. The lowest BCUT2D eigenvalue weighted by atomic mass is 10.1. The largest absolute Gasteiger partial charge is 0.496 e. The normalized spacial score (nSPS) is 15.8. The number of nitrogens with zero attached hydrogens (tertiary/aromatic N) is 1. The molecule has 0 radical (unpaired) electrons. The SMILES string of the molecule is COc1ccc(C=C2C(=O)NN(c3ccc(C)cc3)C2=O)cc1Br. The van der Waals surface area contributed by atoms with E-state index in [1.807, 2.05) is 19.1 Å². The second-order valence-electron chi connectivity index (χ2n) is 5.37. The molecule has 1 aliphatic rings. The summed E-state index contributed by atoms with van der Waals surface area (Å²) in [7, 11) is 1.58. The molecule has 2 aromatic carbocycles. The molecule has 1 aliphatic heterocycles. The predicted octanol–water partition coefficient (Wildman–Crippen LogP) is 3.23. The number of methoxy groups -OCH3 is 1. The maximum Gasteiger partial charge on any atom is 0.282 e. The zero-order valence-electron chi connectivity index (χ0n) is 13.2. The zero-order valence-corrected chi connectivity index (χ0v) is 14.8. The van der Waals surface area contributed by atoms with Crippen molar-refractivity contribution in [2.45, 2.75) is 6.92 Å². The number of aryl methyl sites for hydroxylation is 1. The molecular weight excluding hydrogens is 372 g/mol. The highest BCUT2D eigenvalue weighted by molar-refractivity contribution is 9.10. The Hall–Kier alpha value is -2.60. The Morgan fingerprint density at radius 2 is 1.83 bits per heavy atom. The van der Waals surface area contributed by atoms with Crippen molar-refractivity contribution in [3.63, 3.8) is 0 Å². The smallest absolute Gasteiger partial charge is 0.282 e. The van der Waals surface area contributed by atoms with Crippen LogP contribution in [0.2, 0.25) is 0 Å². The third kappa shape index (κ3) is 3.05. The average molecular weight is 387 g/mol. The molecule has 1 fully saturated rings. The van der Waals surface area contributed by atoms with E-state index in [0.717, 1.165) is 15.6 Å². The lowest BCUT2D eigenvalue weighted by Gasteiger charge is -2.14. The van der Waals surface area contributed by atoms with Gasteiger partial charge in [-0.05, 0) is 58.8 Å². The van der Waals surface area contributed by atoms with Gasteiger partial charge in [-0.2, -0.15) is 0 Å². The van der Waals surface area contributed by atoms with Gasteiger partial charge in [0.05, 0.1) is 17.3 Å². The Kier molecular flexibility index (Phi) is 4.40. The molecule has 0 atom stereocenters. The predicted molar refractivity (Wildman–Crippen MR) is 95.5 cm³/mol. The number of hydrogen-bond acceptors (Lipinski definition) is 3. The molecule has 5 nitrogen and oxygen atoms in total. The van der Waals surface area contributed by atoms with Crippen molar-refractivity contribution in [3.8, 4) is 5.75 Å². The summed E-state index contributed by atoms with van der Waals surface area (Å²) in [5.41, 5.74) is 5.11. The van der Waals surface area contributed by atoms with Gasteiger partial charge in [-0.3, -0.25) is 15.0 Å². The van der Waals surface area contributed by atoms with Crippen molar-refractivity contribution in [2.24, 2.45) is 0 Å². The number of anilines is 1. The Balaban J connectivity index is 1.91. The molecule has 1 heterocycles. The molecule has 0 spiro atoms. The number of rotatable bonds is 3. The van der Waals surface area contributed by atoms with Crippen LogP contribution >= 0.6 is 15.9 Å². The number of hydrazine groups is 1. The summed E-state index contributed by atoms with van der Waals surface area (Å²) in [5.74, 6) is -0.121. The van der Waals surface area contributed by atoms with Crippen LogP contribution < -0.4 is 15.2 Å². The Morgan fingerprint density at radius 1 is 1.12 bits per heavy atom. The van der Waals surface area contributed by atoms with Gasteiger partial charge in [0.1, 0.15) is 11.3 Å². The van der Waals surface area contributed by atoms with Crippen molar-refractivity contribution >= 4 is 39.5 Å². The summed E-state index contributed by atoms with van der Waals surface area (Å²) in [6, 6.07) is 12.7. The van der Waals surface area contributed by atoms with Crippen molar-refractivity contribution in [1.29, 1.82) is 0 Å². The number of ether oxygens (including phenoxy) is 1. The second-order valence-corrected chi connectivity index (χ2v) is 6.22. The van der Waals surface area contributed by atoms with Crippen molar-refractivity contribution in [3.05, 3.63) is 63.6 Å². The first kappa shape index (κ1) is 16.3. The maximum absolute atomic E-state index is 12.6. The summed E-state index contributed by atoms with van der Waals surface area (Å²) in [5, 5.41) is 1.26. The summed E-state index contributed by atoms with van der Waals surface area (Å²) in [6.45, 7) is 1.96. The number of carbonyl (C=O) groups is 2. The van der Waals surface area contributed by atoms with Crippen LogP contribution in [0.5, 0.6) is 5.75 Å². The van der Waals surface area contributed by atoms with Gasteiger partial charge in [-0.15, -0.1) is 0 Å². The van der Waals surface area contributed by atoms with E-state index in [9.17, 15) is 9.59 Å². The monoisotopic (exact) mass is 386 g/mol. The van der Waals surface area contributed by atoms with Crippen LogP contribution in [-0.4, -0.2) is 18.9 Å². The van der Waals surface area contributed by atoms with Crippen molar-refractivity contribution in [1.82, 2.24) is 5.43 Å². The molecule has 0 bridgehead atoms.